The third-order valence-corrected chi connectivity index (χ3v) is 9.98. The maximum atomic E-state index is 14.0. The number of amides is 1. The molecule has 1 heterocycles. The van der Waals surface area contributed by atoms with Crippen molar-refractivity contribution in [3.63, 3.8) is 0 Å². The molecule has 0 saturated carbocycles. The summed E-state index contributed by atoms with van der Waals surface area (Å²) in [5, 5.41) is 2.66. The van der Waals surface area contributed by atoms with Gasteiger partial charge in [0.2, 0.25) is 15.9 Å². The molecule has 1 amide bonds. The van der Waals surface area contributed by atoms with Crippen molar-refractivity contribution in [1.82, 2.24) is 9.29 Å². The van der Waals surface area contributed by atoms with Crippen LogP contribution in [0.25, 0.3) is 22.3 Å². The predicted octanol–water partition coefficient (Wildman–Crippen LogP) is 9.01. The first-order chi connectivity index (χ1) is 24.1. The van der Waals surface area contributed by atoms with Crippen LogP contribution in [0.1, 0.15) is 22.3 Å². The average Bonchev–Trinajstić information content (AvgIpc) is 3.12. The summed E-state index contributed by atoms with van der Waals surface area (Å²) in [6, 6.07) is 39.7. The standard InChI is InChI=1S/C40H32F3N3O3S/c41-40(42,43)38-11-5-4-10-35(38)25-39(47)45-36-20-16-33(17-21-36)32-14-12-29(13-15-32)27-46(28-30-7-6-24-44-26-30)50(48,49)37-22-18-34(19-23-37)31-8-2-1-3-9-31/h1-24,26H,25,27-28H2,(H,45,47). The van der Waals surface area contributed by atoms with Gasteiger partial charge in [-0.15, -0.1) is 0 Å². The first kappa shape index (κ1) is 34.3. The number of nitrogens with zero attached hydrogens (tertiary/aromatic N) is 2. The SMILES string of the molecule is O=C(Cc1ccccc1C(F)(F)F)Nc1ccc(-c2ccc(CN(Cc3cccnc3)S(=O)(=O)c3ccc(-c4ccccc4)cc3)cc2)cc1. The summed E-state index contributed by atoms with van der Waals surface area (Å²) in [7, 11) is -3.89. The molecule has 0 aliphatic heterocycles. The highest BCUT2D eigenvalue weighted by Crippen LogP contribution is 2.32. The van der Waals surface area contributed by atoms with Crippen LogP contribution >= 0.6 is 0 Å². The van der Waals surface area contributed by atoms with E-state index in [0.717, 1.165) is 39.4 Å². The van der Waals surface area contributed by atoms with Gasteiger partial charge in [0, 0.05) is 31.2 Å². The first-order valence-electron chi connectivity index (χ1n) is 15.8. The molecule has 10 heteroatoms. The predicted molar refractivity (Wildman–Crippen MR) is 188 cm³/mol. The average molecular weight is 692 g/mol. The molecule has 0 aliphatic carbocycles. The van der Waals surface area contributed by atoms with E-state index in [1.54, 1.807) is 54.9 Å². The second-order valence-electron chi connectivity index (χ2n) is 11.7. The summed E-state index contributed by atoms with van der Waals surface area (Å²) >= 11 is 0. The Hall–Kier alpha value is -5.58. The van der Waals surface area contributed by atoms with Gasteiger partial charge in [-0.1, -0.05) is 103 Å². The molecule has 50 heavy (non-hydrogen) atoms. The van der Waals surface area contributed by atoms with Crippen LogP contribution < -0.4 is 5.32 Å². The molecule has 0 unspecified atom stereocenters. The van der Waals surface area contributed by atoms with Crippen molar-refractivity contribution in [2.45, 2.75) is 30.6 Å². The highest BCUT2D eigenvalue weighted by Gasteiger charge is 2.33. The molecule has 0 saturated heterocycles. The van der Waals surface area contributed by atoms with E-state index in [0.29, 0.717) is 5.69 Å². The molecule has 0 aliphatic rings. The van der Waals surface area contributed by atoms with Gasteiger partial charge in [0.25, 0.3) is 0 Å². The summed E-state index contributed by atoms with van der Waals surface area (Å²) in [6.07, 6.45) is -1.67. The Balaban J connectivity index is 1.15. The number of rotatable bonds is 11. The number of nitrogens with one attached hydrogen (secondary N) is 1. The lowest BCUT2D eigenvalue weighted by Gasteiger charge is -2.23. The summed E-state index contributed by atoms with van der Waals surface area (Å²) < 4.78 is 69.4. The van der Waals surface area contributed by atoms with Gasteiger partial charge in [-0.2, -0.15) is 17.5 Å². The number of anilines is 1. The maximum Gasteiger partial charge on any atom is 0.416 e. The third kappa shape index (κ3) is 8.34. The quantitative estimate of drug-likeness (QED) is 0.147. The molecule has 1 aromatic heterocycles. The van der Waals surface area contributed by atoms with Crippen LogP contribution in [0.2, 0.25) is 0 Å². The zero-order chi connectivity index (χ0) is 35.1. The molecule has 1 N–H and O–H groups in total. The molecular weight excluding hydrogens is 660 g/mol. The maximum absolute atomic E-state index is 14.0. The van der Waals surface area contributed by atoms with E-state index in [9.17, 15) is 26.4 Å². The lowest BCUT2D eigenvalue weighted by Crippen LogP contribution is -2.30. The Morgan fingerprint density at radius 2 is 1.20 bits per heavy atom. The molecule has 0 radical (unpaired) electrons. The Morgan fingerprint density at radius 3 is 1.82 bits per heavy atom. The van der Waals surface area contributed by atoms with Gasteiger partial charge in [0.15, 0.2) is 0 Å². The van der Waals surface area contributed by atoms with Crippen molar-refractivity contribution in [2.75, 3.05) is 5.32 Å². The summed E-state index contributed by atoms with van der Waals surface area (Å²) in [5.41, 5.74) is 4.68. The van der Waals surface area contributed by atoms with Crippen molar-refractivity contribution >= 4 is 21.6 Å². The fourth-order valence-electron chi connectivity index (χ4n) is 5.60. The molecule has 6 aromatic rings. The van der Waals surface area contributed by atoms with Crippen LogP contribution in [0.15, 0.2) is 157 Å². The van der Waals surface area contributed by atoms with E-state index in [2.05, 4.69) is 10.3 Å². The Kier molecular flexibility index (Phi) is 10.2. The number of alkyl halides is 3. The van der Waals surface area contributed by atoms with E-state index in [1.165, 1.54) is 22.5 Å². The molecule has 0 spiro atoms. The topological polar surface area (TPSA) is 79.4 Å². The van der Waals surface area contributed by atoms with Crippen LogP contribution in [0.5, 0.6) is 0 Å². The van der Waals surface area contributed by atoms with Crippen molar-refractivity contribution < 1.29 is 26.4 Å². The summed E-state index contributed by atoms with van der Waals surface area (Å²) in [5.74, 6) is -0.559. The van der Waals surface area contributed by atoms with Crippen LogP contribution in [0.3, 0.4) is 0 Å². The molecule has 0 fully saturated rings. The number of sulfonamides is 1. The number of pyridine rings is 1. The van der Waals surface area contributed by atoms with Gasteiger partial charge in [-0.3, -0.25) is 9.78 Å². The minimum absolute atomic E-state index is 0.0954. The van der Waals surface area contributed by atoms with Crippen LogP contribution in [0, 0.1) is 0 Å². The Morgan fingerprint density at radius 1 is 0.640 bits per heavy atom. The van der Waals surface area contributed by atoms with Gasteiger partial charge >= 0.3 is 6.18 Å². The largest absolute Gasteiger partial charge is 0.416 e. The van der Waals surface area contributed by atoms with E-state index in [1.807, 2.05) is 72.8 Å². The molecule has 5 aromatic carbocycles. The summed E-state index contributed by atoms with van der Waals surface area (Å²) in [4.78, 5) is 16.9. The Labute approximate surface area is 288 Å². The fraction of sp³-hybridized carbons (Fsp3) is 0.100. The normalized spacial score (nSPS) is 11.8. The molecule has 252 valence electrons. The van der Waals surface area contributed by atoms with Gasteiger partial charge in [0.1, 0.15) is 0 Å². The van der Waals surface area contributed by atoms with E-state index < -0.39 is 34.1 Å². The van der Waals surface area contributed by atoms with Gasteiger partial charge < -0.3 is 5.32 Å². The van der Waals surface area contributed by atoms with Crippen molar-refractivity contribution in [3.05, 3.63) is 174 Å². The molecule has 0 atom stereocenters. The summed E-state index contributed by atoms with van der Waals surface area (Å²) in [6.45, 7) is 0.258. The monoisotopic (exact) mass is 691 g/mol. The lowest BCUT2D eigenvalue weighted by atomic mass is 10.0. The Bertz CT molecular complexity index is 2160. The minimum atomic E-state index is -4.55. The van der Waals surface area contributed by atoms with E-state index in [4.69, 9.17) is 0 Å². The number of benzene rings is 5. The van der Waals surface area contributed by atoms with Crippen LogP contribution in [0.4, 0.5) is 18.9 Å². The number of carbonyl (C=O) groups excluding carboxylic acids is 1. The number of hydrogen-bond donors (Lipinski definition) is 1. The highest BCUT2D eigenvalue weighted by atomic mass is 32.2. The lowest BCUT2D eigenvalue weighted by molar-refractivity contribution is -0.138. The van der Waals surface area contributed by atoms with E-state index in [-0.39, 0.29) is 23.5 Å². The van der Waals surface area contributed by atoms with Crippen molar-refractivity contribution in [1.29, 1.82) is 0 Å². The molecule has 6 nitrogen and oxygen atoms in total. The van der Waals surface area contributed by atoms with Crippen LogP contribution in [-0.4, -0.2) is 23.6 Å². The number of hydrogen-bond acceptors (Lipinski definition) is 4. The fourth-order valence-corrected chi connectivity index (χ4v) is 7.02. The smallest absolute Gasteiger partial charge is 0.326 e. The molecule has 6 rings (SSSR count). The zero-order valence-electron chi connectivity index (χ0n) is 26.7. The minimum Gasteiger partial charge on any atom is -0.326 e. The number of carbonyl (C=O) groups is 1. The van der Waals surface area contributed by atoms with Gasteiger partial charge in [-0.05, 0) is 75.3 Å². The third-order valence-electron chi connectivity index (χ3n) is 8.17. The zero-order valence-corrected chi connectivity index (χ0v) is 27.5. The second-order valence-corrected chi connectivity index (χ2v) is 13.6. The van der Waals surface area contributed by atoms with E-state index >= 15 is 0 Å². The van der Waals surface area contributed by atoms with Gasteiger partial charge in [-0.25, -0.2) is 8.42 Å². The highest BCUT2D eigenvalue weighted by molar-refractivity contribution is 7.89. The van der Waals surface area contributed by atoms with Crippen LogP contribution in [-0.2, 0) is 40.5 Å². The first-order valence-corrected chi connectivity index (χ1v) is 17.2. The molecular formula is C40H32F3N3O3S. The second kappa shape index (κ2) is 14.9. The van der Waals surface area contributed by atoms with Gasteiger partial charge in [0.05, 0.1) is 16.9 Å². The van der Waals surface area contributed by atoms with Crippen molar-refractivity contribution in [3.8, 4) is 22.3 Å². The number of aromatic nitrogens is 1. The number of halogens is 3. The van der Waals surface area contributed by atoms with Crippen molar-refractivity contribution in [2.24, 2.45) is 0 Å². The molecule has 0 bridgehead atoms.